The first-order valence-electron chi connectivity index (χ1n) is 15.3. The Bertz CT molecular complexity index is 1590. The summed E-state index contributed by atoms with van der Waals surface area (Å²) in [5.74, 6) is -2.94. The molecule has 0 radical (unpaired) electrons. The monoisotopic (exact) mass is 600 g/mol. The zero-order chi connectivity index (χ0) is 29.6. The normalized spacial score (nSPS) is 27.8. The Morgan fingerprint density at radius 3 is 2.07 bits per heavy atom. The first kappa shape index (κ1) is 27.1. The lowest BCUT2D eigenvalue weighted by Crippen LogP contribution is -2.49. The third-order valence-electron chi connectivity index (χ3n) is 10.7. The van der Waals surface area contributed by atoms with Crippen molar-refractivity contribution in [3.05, 3.63) is 41.7 Å². The average Bonchev–Trinajstić information content (AvgIpc) is 3.77. The molecule has 13 heteroatoms. The van der Waals surface area contributed by atoms with E-state index in [-0.39, 0.29) is 22.6 Å². The van der Waals surface area contributed by atoms with Gasteiger partial charge in [0, 0.05) is 39.8 Å². The van der Waals surface area contributed by atoms with E-state index in [2.05, 4.69) is 25.5 Å². The van der Waals surface area contributed by atoms with Gasteiger partial charge in [-0.3, -0.25) is 15.3 Å². The summed E-state index contributed by atoms with van der Waals surface area (Å²) in [6, 6.07) is 1.64. The van der Waals surface area contributed by atoms with Gasteiger partial charge in [-0.15, -0.1) is 0 Å². The number of aromatic nitrogens is 8. The highest BCUT2D eigenvalue weighted by Gasteiger charge is 2.61. The van der Waals surface area contributed by atoms with Crippen LogP contribution in [-0.2, 0) is 11.3 Å². The van der Waals surface area contributed by atoms with Gasteiger partial charge in [0.05, 0.1) is 30.0 Å². The van der Waals surface area contributed by atoms with Crippen LogP contribution >= 0.6 is 0 Å². The van der Waals surface area contributed by atoms with Gasteiger partial charge in [-0.05, 0) is 69.1 Å². The Balaban J connectivity index is 1.42. The van der Waals surface area contributed by atoms with Crippen LogP contribution in [0.25, 0.3) is 28.2 Å². The number of alkyl halides is 5. The van der Waals surface area contributed by atoms with Crippen molar-refractivity contribution < 1.29 is 22.0 Å². The summed E-state index contributed by atoms with van der Waals surface area (Å²) in [6.45, 7) is 0. The second-order valence-corrected chi connectivity index (χ2v) is 13.4. The standard InChI is InChI=1S/C30H33F5N8/c31-29(32,30(33,34)35)26-21(15-38-41-26)25-23(20-14-37-40-24(20)19-4-2-1-3-5-19)27(42-43(25)22-6-7-36-39-22)28-11-16-8-17(12-28)10-18(9-16)13-28/h6-7,14-19H,1-5,8-13H2,(H,36,39)(H,37,40)(H,38,41). The molecule has 0 spiro atoms. The van der Waals surface area contributed by atoms with Crippen LogP contribution < -0.4 is 0 Å². The number of rotatable bonds is 6. The molecule has 5 fully saturated rings. The smallest absolute Gasteiger partial charge is 0.282 e. The molecule has 0 aliphatic heterocycles. The van der Waals surface area contributed by atoms with Gasteiger partial charge in [0.1, 0.15) is 11.5 Å². The molecule has 5 aliphatic rings. The van der Waals surface area contributed by atoms with Crippen molar-refractivity contribution in [3.8, 4) is 28.2 Å². The zero-order valence-electron chi connectivity index (χ0n) is 23.5. The summed E-state index contributed by atoms with van der Waals surface area (Å²) < 4.78 is 73.1. The maximum atomic E-state index is 15.1. The molecule has 4 aromatic heterocycles. The van der Waals surface area contributed by atoms with Gasteiger partial charge in [-0.2, -0.15) is 42.3 Å². The molecule has 0 saturated heterocycles. The average molecular weight is 601 g/mol. The van der Waals surface area contributed by atoms with E-state index in [0.29, 0.717) is 29.1 Å². The Kier molecular flexibility index (Phi) is 5.98. The third kappa shape index (κ3) is 4.12. The third-order valence-corrected chi connectivity index (χ3v) is 10.7. The molecule has 4 heterocycles. The summed E-state index contributed by atoms with van der Waals surface area (Å²) >= 11 is 0. The Hall–Kier alpha value is -3.51. The molecule has 3 N–H and O–H groups in total. The van der Waals surface area contributed by atoms with E-state index in [1.54, 1.807) is 12.3 Å². The van der Waals surface area contributed by atoms with Crippen LogP contribution in [0, 0.1) is 17.8 Å². The molecule has 5 saturated carbocycles. The number of nitrogens with one attached hydrogen (secondary N) is 3. The fourth-order valence-electron chi connectivity index (χ4n) is 9.28. The summed E-state index contributed by atoms with van der Waals surface area (Å²) in [5.41, 5.74) is 1.14. The van der Waals surface area contributed by atoms with Crippen molar-refractivity contribution in [3.63, 3.8) is 0 Å². The Labute approximate surface area is 244 Å². The highest BCUT2D eigenvalue weighted by molar-refractivity contribution is 5.87. The zero-order valence-corrected chi connectivity index (χ0v) is 23.5. The summed E-state index contributed by atoms with van der Waals surface area (Å²) in [6.07, 6.45) is 9.98. The predicted molar refractivity (Wildman–Crippen MR) is 146 cm³/mol. The molecule has 228 valence electrons. The molecule has 43 heavy (non-hydrogen) atoms. The maximum absolute atomic E-state index is 15.1. The number of halogens is 5. The van der Waals surface area contributed by atoms with Crippen molar-refractivity contribution in [2.45, 2.75) is 94.1 Å². The molecule has 0 unspecified atom stereocenters. The summed E-state index contributed by atoms with van der Waals surface area (Å²) in [4.78, 5) is 0. The van der Waals surface area contributed by atoms with Gasteiger partial charge in [0.15, 0.2) is 0 Å². The lowest BCUT2D eigenvalue weighted by atomic mass is 9.48. The molecule has 0 amide bonds. The van der Waals surface area contributed by atoms with Crippen LogP contribution in [0.2, 0.25) is 0 Å². The second kappa shape index (κ2) is 9.49. The first-order valence-corrected chi connectivity index (χ1v) is 15.3. The van der Waals surface area contributed by atoms with Crippen molar-refractivity contribution in [2.75, 3.05) is 0 Å². The molecule has 4 bridgehead atoms. The van der Waals surface area contributed by atoms with E-state index in [0.717, 1.165) is 74.5 Å². The van der Waals surface area contributed by atoms with Gasteiger partial charge < -0.3 is 0 Å². The minimum atomic E-state index is -5.82. The van der Waals surface area contributed by atoms with E-state index < -0.39 is 17.8 Å². The minimum absolute atomic E-state index is 0.140. The van der Waals surface area contributed by atoms with Gasteiger partial charge in [0.2, 0.25) is 0 Å². The summed E-state index contributed by atoms with van der Waals surface area (Å²) in [7, 11) is 0. The quantitative estimate of drug-likeness (QED) is 0.199. The van der Waals surface area contributed by atoms with Crippen LogP contribution in [0.1, 0.15) is 93.6 Å². The Morgan fingerprint density at radius 1 is 0.791 bits per heavy atom. The lowest BCUT2D eigenvalue weighted by Gasteiger charge is -2.56. The van der Waals surface area contributed by atoms with E-state index in [9.17, 15) is 13.2 Å². The van der Waals surface area contributed by atoms with Crippen LogP contribution in [0.4, 0.5) is 22.0 Å². The molecule has 5 aliphatic carbocycles. The number of hydrogen-bond donors (Lipinski definition) is 3. The van der Waals surface area contributed by atoms with E-state index in [1.165, 1.54) is 30.1 Å². The number of hydrogen-bond acceptors (Lipinski definition) is 4. The second-order valence-electron chi connectivity index (χ2n) is 13.4. The van der Waals surface area contributed by atoms with Crippen molar-refractivity contribution in [1.29, 1.82) is 0 Å². The molecule has 0 aromatic carbocycles. The van der Waals surface area contributed by atoms with Crippen molar-refractivity contribution in [2.24, 2.45) is 17.8 Å². The van der Waals surface area contributed by atoms with Crippen LogP contribution in [0.15, 0.2) is 24.7 Å². The van der Waals surface area contributed by atoms with Crippen LogP contribution in [0.5, 0.6) is 0 Å². The lowest BCUT2D eigenvalue weighted by molar-refractivity contribution is -0.290. The van der Waals surface area contributed by atoms with Gasteiger partial charge in [0.25, 0.3) is 0 Å². The van der Waals surface area contributed by atoms with E-state index >= 15 is 8.78 Å². The Morgan fingerprint density at radius 2 is 1.44 bits per heavy atom. The SMILES string of the molecule is FC(F)(F)C(F)(F)c1[nH]ncc1-c1c(-c2cn[nH]c2C2CCCCC2)c(C23CC4CC(CC(C4)C2)C3)nn1-c1ccn[nH]1. The first-order chi connectivity index (χ1) is 20.6. The molecule has 8 nitrogen and oxygen atoms in total. The fourth-order valence-corrected chi connectivity index (χ4v) is 9.28. The number of H-pyrrole nitrogens is 3. The van der Waals surface area contributed by atoms with Crippen LogP contribution in [-0.4, -0.2) is 46.5 Å². The van der Waals surface area contributed by atoms with Crippen LogP contribution in [0.3, 0.4) is 0 Å². The van der Waals surface area contributed by atoms with Gasteiger partial charge in [-0.1, -0.05) is 19.3 Å². The van der Waals surface area contributed by atoms with Crippen molar-refractivity contribution in [1.82, 2.24) is 40.4 Å². The minimum Gasteiger partial charge on any atom is -0.282 e. The van der Waals surface area contributed by atoms with Gasteiger partial charge in [-0.25, -0.2) is 4.68 Å². The largest absolute Gasteiger partial charge is 0.459 e. The molecule has 0 atom stereocenters. The maximum Gasteiger partial charge on any atom is 0.459 e. The summed E-state index contributed by atoms with van der Waals surface area (Å²) in [5, 5.41) is 25.5. The number of nitrogens with zero attached hydrogens (tertiary/aromatic N) is 5. The van der Waals surface area contributed by atoms with Gasteiger partial charge >= 0.3 is 12.1 Å². The highest BCUT2D eigenvalue weighted by atomic mass is 19.4. The fraction of sp³-hybridized carbons (Fsp3) is 0.600. The molecular weight excluding hydrogens is 567 g/mol. The molecular formula is C30H33F5N8. The van der Waals surface area contributed by atoms with Crippen molar-refractivity contribution >= 4 is 0 Å². The van der Waals surface area contributed by atoms with E-state index in [1.807, 2.05) is 5.10 Å². The number of aromatic amines is 3. The highest BCUT2D eigenvalue weighted by Crippen LogP contribution is 2.63. The topological polar surface area (TPSA) is 104 Å². The van der Waals surface area contributed by atoms with E-state index in [4.69, 9.17) is 5.10 Å². The molecule has 9 rings (SSSR count). The molecule has 4 aromatic rings. The predicted octanol–water partition coefficient (Wildman–Crippen LogP) is 7.55.